The number of carboxylic acids is 1. The first-order valence-electron chi connectivity index (χ1n) is 8.65. The molecule has 4 aromatic rings. The van der Waals surface area contributed by atoms with Gasteiger partial charge < -0.3 is 14.6 Å². The lowest BCUT2D eigenvalue weighted by Gasteiger charge is -2.16. The molecule has 138 valence electrons. The summed E-state index contributed by atoms with van der Waals surface area (Å²) in [6.07, 6.45) is 1.55. The van der Waals surface area contributed by atoms with Gasteiger partial charge in [-0.1, -0.05) is 24.3 Å². The van der Waals surface area contributed by atoms with E-state index in [1.807, 2.05) is 49.6 Å². The zero-order chi connectivity index (χ0) is 19.0. The number of hydrogen-bond acceptors (Lipinski definition) is 5. The van der Waals surface area contributed by atoms with E-state index in [0.29, 0.717) is 23.9 Å². The van der Waals surface area contributed by atoms with E-state index >= 15 is 0 Å². The maximum absolute atomic E-state index is 11.3. The van der Waals surface area contributed by atoms with Crippen molar-refractivity contribution in [1.29, 1.82) is 0 Å². The van der Waals surface area contributed by atoms with Crippen LogP contribution in [0.3, 0.4) is 0 Å². The van der Waals surface area contributed by atoms with Crippen molar-refractivity contribution in [2.24, 2.45) is 0 Å². The predicted octanol–water partition coefficient (Wildman–Crippen LogP) is 4.71. The van der Waals surface area contributed by atoms with Crippen LogP contribution in [-0.4, -0.2) is 33.7 Å². The fourth-order valence-corrected chi connectivity index (χ4v) is 4.06. The molecule has 0 amide bonds. The number of thiazole rings is 1. The van der Waals surface area contributed by atoms with Gasteiger partial charge in [0.2, 0.25) is 0 Å². The minimum absolute atomic E-state index is 0.0244. The molecule has 0 bridgehead atoms. The Balaban J connectivity index is 2.04. The highest BCUT2D eigenvalue weighted by Gasteiger charge is 2.20. The molecule has 0 aliphatic heterocycles. The highest BCUT2D eigenvalue weighted by Crippen LogP contribution is 2.43. The number of ether oxygens (including phenoxy) is 2. The number of aromatic nitrogens is 2. The summed E-state index contributed by atoms with van der Waals surface area (Å²) in [7, 11) is 0. The number of nitrogens with zero attached hydrogens (tertiary/aromatic N) is 2. The first kappa shape index (κ1) is 17.4. The van der Waals surface area contributed by atoms with Crippen LogP contribution in [0.2, 0.25) is 0 Å². The van der Waals surface area contributed by atoms with Crippen LogP contribution in [0.1, 0.15) is 24.3 Å². The van der Waals surface area contributed by atoms with Gasteiger partial charge in [-0.05, 0) is 19.2 Å². The van der Waals surface area contributed by atoms with E-state index in [9.17, 15) is 9.90 Å². The summed E-state index contributed by atoms with van der Waals surface area (Å²) in [6.45, 7) is 4.95. The van der Waals surface area contributed by atoms with Crippen LogP contribution in [-0.2, 0) is 0 Å². The van der Waals surface area contributed by atoms with Crippen LogP contribution in [0.15, 0.2) is 41.9 Å². The van der Waals surface area contributed by atoms with Crippen LogP contribution < -0.4 is 9.47 Å². The molecule has 1 N–H and O–H groups in total. The largest absolute Gasteiger partial charge is 0.493 e. The second-order valence-electron chi connectivity index (χ2n) is 5.86. The van der Waals surface area contributed by atoms with Crippen LogP contribution in [0.5, 0.6) is 11.5 Å². The van der Waals surface area contributed by atoms with Crippen molar-refractivity contribution in [3.8, 4) is 22.8 Å². The van der Waals surface area contributed by atoms with Crippen molar-refractivity contribution in [2.45, 2.75) is 13.8 Å². The molecule has 0 saturated heterocycles. The average molecular weight is 382 g/mol. The van der Waals surface area contributed by atoms with E-state index in [0.717, 1.165) is 27.8 Å². The quantitative estimate of drug-likeness (QED) is 0.523. The summed E-state index contributed by atoms with van der Waals surface area (Å²) in [6, 6.07) is 9.88. The minimum Gasteiger partial charge on any atom is -0.493 e. The van der Waals surface area contributed by atoms with E-state index in [4.69, 9.17) is 9.47 Å². The fraction of sp³-hybridized carbons (Fsp3) is 0.200. The van der Waals surface area contributed by atoms with Gasteiger partial charge in [0.15, 0.2) is 10.7 Å². The molecular weight excluding hydrogens is 364 g/mol. The Kier molecular flexibility index (Phi) is 4.45. The molecule has 0 aliphatic carbocycles. The second kappa shape index (κ2) is 6.92. The van der Waals surface area contributed by atoms with Gasteiger partial charge in [0.1, 0.15) is 11.5 Å². The highest BCUT2D eigenvalue weighted by molar-refractivity contribution is 7.15. The summed E-state index contributed by atoms with van der Waals surface area (Å²) >= 11 is 1.40. The number of carboxylic acid groups (broad SMARTS) is 1. The number of aromatic carboxylic acids is 1. The molecule has 4 rings (SSSR count). The Morgan fingerprint density at radius 1 is 1.15 bits per heavy atom. The number of hydrogen-bond donors (Lipinski definition) is 1. The van der Waals surface area contributed by atoms with E-state index in [2.05, 4.69) is 4.98 Å². The molecule has 7 heteroatoms. The molecule has 0 radical (unpaired) electrons. The Hall–Kier alpha value is -3.06. The summed E-state index contributed by atoms with van der Waals surface area (Å²) < 4.78 is 13.6. The first-order chi connectivity index (χ1) is 13.1. The van der Waals surface area contributed by atoms with Gasteiger partial charge in [0, 0.05) is 28.6 Å². The van der Waals surface area contributed by atoms with Gasteiger partial charge in [-0.25, -0.2) is 9.78 Å². The lowest BCUT2D eigenvalue weighted by molar-refractivity contribution is 0.0691. The van der Waals surface area contributed by atoms with Crippen molar-refractivity contribution >= 4 is 33.0 Å². The molecule has 0 saturated carbocycles. The Bertz CT molecular complexity index is 1150. The number of benzene rings is 2. The second-order valence-corrected chi connectivity index (χ2v) is 6.70. The van der Waals surface area contributed by atoms with E-state index in [-0.39, 0.29) is 5.69 Å². The van der Waals surface area contributed by atoms with E-state index in [1.54, 1.807) is 10.6 Å². The van der Waals surface area contributed by atoms with Crippen molar-refractivity contribution < 1.29 is 19.4 Å². The van der Waals surface area contributed by atoms with Gasteiger partial charge in [-0.2, -0.15) is 0 Å². The first-order valence-corrected chi connectivity index (χ1v) is 9.53. The zero-order valence-electron chi connectivity index (χ0n) is 14.9. The smallest absolute Gasteiger partial charge is 0.356 e. The topological polar surface area (TPSA) is 73.1 Å². The maximum atomic E-state index is 11.3. The molecular formula is C20H18N2O4S. The molecule has 0 atom stereocenters. The standard InChI is InChI=1S/C20H18N2O4S/c1-3-25-16-9-17(26-4-2)18(13-8-6-5-7-12(13)16)15-11-27-20-21-14(19(23)24)10-22(15)20/h5-11H,3-4H2,1-2H3,(H,23,24). The van der Waals surface area contributed by atoms with Crippen molar-refractivity contribution in [1.82, 2.24) is 9.38 Å². The van der Waals surface area contributed by atoms with Gasteiger partial charge >= 0.3 is 5.97 Å². The number of carbonyl (C=O) groups is 1. The summed E-state index contributed by atoms with van der Waals surface area (Å²) in [5, 5.41) is 13.2. The third kappa shape index (κ3) is 2.90. The molecule has 2 heterocycles. The predicted molar refractivity (Wildman–Crippen MR) is 105 cm³/mol. The van der Waals surface area contributed by atoms with Gasteiger partial charge in [0.25, 0.3) is 0 Å². The van der Waals surface area contributed by atoms with Crippen molar-refractivity contribution in [3.63, 3.8) is 0 Å². The highest BCUT2D eigenvalue weighted by atomic mass is 32.1. The molecule has 0 spiro atoms. The Morgan fingerprint density at radius 2 is 1.85 bits per heavy atom. The number of imidazole rings is 1. The maximum Gasteiger partial charge on any atom is 0.356 e. The summed E-state index contributed by atoms with van der Waals surface area (Å²) in [5.74, 6) is 0.423. The number of fused-ring (bicyclic) bond motifs is 2. The van der Waals surface area contributed by atoms with Crippen LogP contribution >= 0.6 is 11.3 Å². The zero-order valence-corrected chi connectivity index (χ0v) is 15.7. The molecule has 0 unspecified atom stereocenters. The summed E-state index contributed by atoms with van der Waals surface area (Å²) in [4.78, 5) is 16.1. The van der Waals surface area contributed by atoms with Gasteiger partial charge in [-0.3, -0.25) is 4.40 Å². The lowest BCUT2D eigenvalue weighted by Crippen LogP contribution is -2.00. The summed E-state index contributed by atoms with van der Waals surface area (Å²) in [5.41, 5.74) is 1.77. The van der Waals surface area contributed by atoms with Crippen molar-refractivity contribution in [3.05, 3.63) is 47.6 Å². The third-order valence-corrected chi connectivity index (χ3v) is 5.09. The number of rotatable bonds is 6. The minimum atomic E-state index is -1.04. The lowest BCUT2D eigenvalue weighted by atomic mass is 10.0. The average Bonchev–Trinajstić information content (AvgIpc) is 3.24. The monoisotopic (exact) mass is 382 g/mol. The Labute approximate surface area is 159 Å². The van der Waals surface area contributed by atoms with Crippen LogP contribution in [0.4, 0.5) is 0 Å². The SMILES string of the molecule is CCOc1cc(OCC)c2ccccc2c1-c1csc2nc(C(=O)O)cn12. The van der Waals surface area contributed by atoms with E-state index in [1.165, 1.54) is 11.3 Å². The van der Waals surface area contributed by atoms with Crippen LogP contribution in [0, 0.1) is 0 Å². The normalized spacial score (nSPS) is 11.2. The molecule has 0 aliphatic rings. The molecule has 2 aromatic carbocycles. The van der Waals surface area contributed by atoms with Crippen LogP contribution in [0.25, 0.3) is 27.0 Å². The molecule has 6 nitrogen and oxygen atoms in total. The molecule has 27 heavy (non-hydrogen) atoms. The fourth-order valence-electron chi connectivity index (χ4n) is 3.19. The van der Waals surface area contributed by atoms with Crippen molar-refractivity contribution in [2.75, 3.05) is 13.2 Å². The van der Waals surface area contributed by atoms with Gasteiger partial charge in [-0.15, -0.1) is 11.3 Å². The molecule has 2 aromatic heterocycles. The molecule has 0 fully saturated rings. The third-order valence-electron chi connectivity index (χ3n) is 4.25. The van der Waals surface area contributed by atoms with E-state index < -0.39 is 5.97 Å². The Morgan fingerprint density at radius 3 is 2.56 bits per heavy atom. The van der Waals surface area contributed by atoms with Gasteiger partial charge in [0.05, 0.1) is 18.9 Å².